The third kappa shape index (κ3) is 4.02. The SMILES string of the molecule is Cc1ccc([N+](=O)[O-])cc1NC=CC(=O)c1ccc(Br)cc1. The van der Waals surface area contributed by atoms with Crippen LogP contribution in [0, 0.1) is 17.0 Å². The lowest BCUT2D eigenvalue weighted by Crippen LogP contribution is -1.98. The Labute approximate surface area is 135 Å². The molecule has 0 saturated carbocycles. The van der Waals surface area contributed by atoms with Gasteiger partial charge in [0.15, 0.2) is 5.78 Å². The van der Waals surface area contributed by atoms with Crippen LogP contribution in [0.5, 0.6) is 0 Å². The third-order valence-corrected chi connectivity index (χ3v) is 3.56. The minimum absolute atomic E-state index is 0.000682. The lowest BCUT2D eigenvalue weighted by molar-refractivity contribution is -0.384. The fraction of sp³-hybridized carbons (Fsp3) is 0.0625. The summed E-state index contributed by atoms with van der Waals surface area (Å²) in [5, 5.41) is 13.7. The maximum absolute atomic E-state index is 12.0. The molecule has 0 atom stereocenters. The van der Waals surface area contributed by atoms with E-state index in [9.17, 15) is 14.9 Å². The maximum atomic E-state index is 12.0. The van der Waals surface area contributed by atoms with Crippen molar-refractivity contribution in [3.05, 3.63) is 80.5 Å². The van der Waals surface area contributed by atoms with E-state index in [1.165, 1.54) is 24.4 Å². The number of hydrogen-bond donors (Lipinski definition) is 1. The van der Waals surface area contributed by atoms with Gasteiger partial charge in [0.1, 0.15) is 0 Å². The molecule has 0 saturated heterocycles. The highest BCUT2D eigenvalue weighted by Gasteiger charge is 2.07. The summed E-state index contributed by atoms with van der Waals surface area (Å²) in [5.41, 5.74) is 2.01. The van der Waals surface area contributed by atoms with Crippen LogP contribution < -0.4 is 5.32 Å². The van der Waals surface area contributed by atoms with E-state index < -0.39 is 4.92 Å². The van der Waals surface area contributed by atoms with Gasteiger partial charge >= 0.3 is 0 Å². The van der Waals surface area contributed by atoms with Crippen molar-refractivity contribution < 1.29 is 9.72 Å². The van der Waals surface area contributed by atoms with Crippen LogP contribution in [0.1, 0.15) is 15.9 Å². The van der Waals surface area contributed by atoms with Gasteiger partial charge in [-0.3, -0.25) is 14.9 Å². The van der Waals surface area contributed by atoms with Gasteiger partial charge in [-0.2, -0.15) is 0 Å². The number of carbonyl (C=O) groups is 1. The predicted molar refractivity (Wildman–Crippen MR) is 89.1 cm³/mol. The Bertz CT molecular complexity index is 740. The molecule has 0 bridgehead atoms. The van der Waals surface area contributed by atoms with Crippen LogP contribution in [0.15, 0.2) is 59.2 Å². The van der Waals surface area contributed by atoms with Gasteiger partial charge in [0.05, 0.1) is 4.92 Å². The Kier molecular flexibility index (Phi) is 5.06. The second-order valence-electron chi connectivity index (χ2n) is 4.61. The molecule has 0 aromatic heterocycles. The van der Waals surface area contributed by atoms with Gasteiger partial charge in [-0.1, -0.05) is 22.0 Å². The second kappa shape index (κ2) is 7.00. The quantitative estimate of drug-likeness (QED) is 0.369. The van der Waals surface area contributed by atoms with Crippen molar-refractivity contribution in [2.45, 2.75) is 6.92 Å². The van der Waals surface area contributed by atoms with Gasteiger partial charge in [0.25, 0.3) is 5.69 Å². The molecule has 0 unspecified atom stereocenters. The molecule has 6 heteroatoms. The van der Waals surface area contributed by atoms with E-state index in [0.717, 1.165) is 10.0 Å². The summed E-state index contributed by atoms with van der Waals surface area (Å²) < 4.78 is 0.901. The average Bonchev–Trinajstić information content (AvgIpc) is 2.49. The molecule has 0 amide bonds. The van der Waals surface area contributed by atoms with Crippen molar-refractivity contribution in [1.29, 1.82) is 0 Å². The summed E-state index contributed by atoms with van der Waals surface area (Å²) in [6, 6.07) is 11.6. The molecular weight excluding hydrogens is 348 g/mol. The topological polar surface area (TPSA) is 72.2 Å². The molecule has 2 aromatic carbocycles. The van der Waals surface area contributed by atoms with Crippen LogP contribution in [0.2, 0.25) is 0 Å². The smallest absolute Gasteiger partial charge is 0.271 e. The fourth-order valence-electron chi connectivity index (χ4n) is 1.80. The fourth-order valence-corrected chi connectivity index (χ4v) is 2.06. The summed E-state index contributed by atoms with van der Waals surface area (Å²) in [6.45, 7) is 1.83. The van der Waals surface area contributed by atoms with E-state index >= 15 is 0 Å². The van der Waals surface area contributed by atoms with Crippen molar-refractivity contribution in [1.82, 2.24) is 0 Å². The number of halogens is 1. The molecule has 0 aliphatic carbocycles. The number of allylic oxidation sites excluding steroid dienone is 1. The highest BCUT2D eigenvalue weighted by molar-refractivity contribution is 9.10. The number of nitrogens with zero attached hydrogens (tertiary/aromatic N) is 1. The first-order valence-electron chi connectivity index (χ1n) is 6.45. The molecule has 22 heavy (non-hydrogen) atoms. The number of carbonyl (C=O) groups excluding carboxylic acids is 1. The largest absolute Gasteiger partial charge is 0.361 e. The van der Waals surface area contributed by atoms with Crippen molar-refractivity contribution in [2.24, 2.45) is 0 Å². The Balaban J connectivity index is 2.09. The van der Waals surface area contributed by atoms with Gasteiger partial charge in [-0.05, 0) is 36.8 Å². The zero-order valence-electron chi connectivity index (χ0n) is 11.7. The summed E-state index contributed by atoms with van der Waals surface area (Å²) in [6.07, 6.45) is 2.87. The third-order valence-electron chi connectivity index (χ3n) is 3.03. The number of anilines is 1. The Morgan fingerprint density at radius 2 is 1.91 bits per heavy atom. The first-order chi connectivity index (χ1) is 10.5. The maximum Gasteiger partial charge on any atom is 0.271 e. The standard InChI is InChI=1S/C16H13BrN2O3/c1-11-2-7-14(19(21)22)10-15(11)18-9-8-16(20)12-3-5-13(17)6-4-12/h2-10,18H,1H3. The Morgan fingerprint density at radius 1 is 1.23 bits per heavy atom. The zero-order chi connectivity index (χ0) is 16.1. The van der Waals surface area contributed by atoms with E-state index in [1.807, 2.05) is 6.92 Å². The highest BCUT2D eigenvalue weighted by atomic mass is 79.9. The molecule has 2 aromatic rings. The molecule has 0 fully saturated rings. The van der Waals surface area contributed by atoms with Crippen molar-refractivity contribution in [2.75, 3.05) is 5.32 Å². The molecule has 1 N–H and O–H groups in total. The molecule has 0 aliphatic rings. The molecule has 0 spiro atoms. The summed E-state index contributed by atoms with van der Waals surface area (Å²) in [5.74, 6) is -0.150. The number of rotatable bonds is 5. The van der Waals surface area contributed by atoms with Gasteiger partial charge in [-0.25, -0.2) is 0 Å². The van der Waals surface area contributed by atoms with Crippen molar-refractivity contribution in [3.8, 4) is 0 Å². The van der Waals surface area contributed by atoms with E-state index in [0.29, 0.717) is 11.3 Å². The summed E-state index contributed by atoms with van der Waals surface area (Å²) in [7, 11) is 0. The number of aryl methyl sites for hydroxylation is 1. The van der Waals surface area contributed by atoms with Gasteiger partial charge in [0.2, 0.25) is 0 Å². The molecule has 0 radical (unpaired) electrons. The van der Waals surface area contributed by atoms with E-state index in [-0.39, 0.29) is 11.5 Å². The van der Waals surface area contributed by atoms with Crippen LogP contribution in [0.25, 0.3) is 0 Å². The average molecular weight is 361 g/mol. The van der Waals surface area contributed by atoms with E-state index in [2.05, 4.69) is 21.2 Å². The number of non-ortho nitro benzene ring substituents is 1. The number of benzene rings is 2. The first kappa shape index (κ1) is 15.9. The molecule has 2 rings (SSSR count). The number of nitro benzene ring substituents is 1. The lowest BCUT2D eigenvalue weighted by Gasteiger charge is -2.04. The van der Waals surface area contributed by atoms with Gasteiger partial charge in [-0.15, -0.1) is 0 Å². The molecule has 5 nitrogen and oxygen atoms in total. The second-order valence-corrected chi connectivity index (χ2v) is 5.52. The highest BCUT2D eigenvalue weighted by Crippen LogP contribution is 2.21. The van der Waals surface area contributed by atoms with Crippen LogP contribution >= 0.6 is 15.9 Å². The minimum Gasteiger partial charge on any atom is -0.361 e. The van der Waals surface area contributed by atoms with Crippen LogP contribution in [-0.4, -0.2) is 10.7 Å². The van der Waals surface area contributed by atoms with Crippen LogP contribution in [0.3, 0.4) is 0 Å². The number of nitro groups is 1. The Hall–Kier alpha value is -2.47. The summed E-state index contributed by atoms with van der Waals surface area (Å²) >= 11 is 3.31. The Morgan fingerprint density at radius 3 is 2.55 bits per heavy atom. The minimum atomic E-state index is -0.457. The zero-order valence-corrected chi connectivity index (χ0v) is 13.3. The number of nitrogens with one attached hydrogen (secondary N) is 1. The number of ketones is 1. The van der Waals surface area contributed by atoms with Crippen LogP contribution in [-0.2, 0) is 0 Å². The molecule has 0 heterocycles. The predicted octanol–water partition coefficient (Wildman–Crippen LogP) is 4.47. The normalized spacial score (nSPS) is 10.6. The van der Waals surface area contributed by atoms with Crippen LogP contribution in [0.4, 0.5) is 11.4 Å². The van der Waals surface area contributed by atoms with E-state index in [1.54, 1.807) is 30.3 Å². The molecule has 0 aliphatic heterocycles. The van der Waals surface area contributed by atoms with Gasteiger partial charge < -0.3 is 5.32 Å². The number of hydrogen-bond acceptors (Lipinski definition) is 4. The van der Waals surface area contributed by atoms with Gasteiger partial charge in [0, 0.05) is 40.1 Å². The molecule has 112 valence electrons. The monoisotopic (exact) mass is 360 g/mol. The molecular formula is C16H13BrN2O3. The van der Waals surface area contributed by atoms with Crippen molar-refractivity contribution >= 4 is 33.1 Å². The van der Waals surface area contributed by atoms with Crippen molar-refractivity contribution in [3.63, 3.8) is 0 Å². The van der Waals surface area contributed by atoms with E-state index in [4.69, 9.17) is 0 Å². The first-order valence-corrected chi connectivity index (χ1v) is 7.24. The summed E-state index contributed by atoms with van der Waals surface area (Å²) in [4.78, 5) is 22.3. The lowest BCUT2D eigenvalue weighted by atomic mass is 10.1.